The van der Waals surface area contributed by atoms with Crippen LogP contribution in [-0.2, 0) is 24.2 Å². The number of aryl methyl sites for hydroxylation is 1. The summed E-state index contributed by atoms with van der Waals surface area (Å²) >= 11 is 7.43. The molecule has 2 aromatic heterocycles. The molecule has 1 N–H and O–H groups in total. The highest BCUT2D eigenvalue weighted by molar-refractivity contribution is 7.18. The Balaban J connectivity index is 2.09. The predicted molar refractivity (Wildman–Crippen MR) is 99.8 cm³/mol. The van der Waals surface area contributed by atoms with Gasteiger partial charge in [0.25, 0.3) is 5.56 Å². The number of rotatable bonds is 6. The zero-order valence-corrected chi connectivity index (χ0v) is 15.2. The molecule has 0 spiro atoms. The molecule has 3 aromatic rings. The second kappa shape index (κ2) is 7.37. The number of carboxylic acid groups (broad SMARTS) is 1. The second-order valence-electron chi connectivity index (χ2n) is 5.72. The molecule has 25 heavy (non-hydrogen) atoms. The molecule has 0 aliphatic rings. The van der Waals surface area contributed by atoms with Crippen molar-refractivity contribution in [2.24, 2.45) is 0 Å². The molecule has 130 valence electrons. The molecule has 0 fully saturated rings. The summed E-state index contributed by atoms with van der Waals surface area (Å²) in [6.45, 7) is 2.14. The maximum Gasteiger partial charge on any atom is 0.305 e. The van der Waals surface area contributed by atoms with E-state index >= 15 is 0 Å². The van der Waals surface area contributed by atoms with Crippen LogP contribution in [0.2, 0.25) is 5.02 Å². The lowest BCUT2D eigenvalue weighted by atomic mass is 10.1. The summed E-state index contributed by atoms with van der Waals surface area (Å²) in [6.07, 6.45) is 1.16. The number of aromatic nitrogens is 2. The van der Waals surface area contributed by atoms with Gasteiger partial charge in [-0.25, -0.2) is 4.98 Å². The highest BCUT2D eigenvalue weighted by atomic mass is 35.5. The molecule has 5 nitrogen and oxygen atoms in total. The van der Waals surface area contributed by atoms with E-state index in [2.05, 4.69) is 4.98 Å². The molecule has 0 amide bonds. The number of hydrogen-bond acceptors (Lipinski definition) is 4. The summed E-state index contributed by atoms with van der Waals surface area (Å²) in [7, 11) is 0. The lowest BCUT2D eigenvalue weighted by Crippen LogP contribution is -2.26. The smallest absolute Gasteiger partial charge is 0.305 e. The van der Waals surface area contributed by atoms with Crippen LogP contribution in [-0.4, -0.2) is 20.6 Å². The molecule has 0 unspecified atom stereocenters. The van der Waals surface area contributed by atoms with Gasteiger partial charge in [0.1, 0.15) is 10.7 Å². The van der Waals surface area contributed by atoms with Gasteiger partial charge in [-0.05, 0) is 30.2 Å². The summed E-state index contributed by atoms with van der Waals surface area (Å²) < 4.78 is 1.48. The maximum absolute atomic E-state index is 12.9. The van der Waals surface area contributed by atoms with Crippen LogP contribution in [0.25, 0.3) is 10.2 Å². The number of thiophene rings is 1. The molecule has 0 bridgehead atoms. The minimum absolute atomic E-state index is 0.108. The molecule has 0 radical (unpaired) electrons. The van der Waals surface area contributed by atoms with Crippen LogP contribution >= 0.6 is 22.9 Å². The number of fused-ring (bicyclic) bond motifs is 1. The number of aliphatic carboxylic acids is 1. The van der Waals surface area contributed by atoms with Gasteiger partial charge < -0.3 is 5.11 Å². The topological polar surface area (TPSA) is 72.2 Å². The molecule has 0 aliphatic carbocycles. The van der Waals surface area contributed by atoms with Crippen molar-refractivity contribution < 1.29 is 9.90 Å². The lowest BCUT2D eigenvalue weighted by molar-refractivity contribution is -0.137. The zero-order valence-electron chi connectivity index (χ0n) is 13.7. The van der Waals surface area contributed by atoms with Crippen molar-refractivity contribution in [1.29, 1.82) is 0 Å². The quantitative estimate of drug-likeness (QED) is 0.711. The minimum atomic E-state index is -0.941. The number of nitrogens with zero attached hydrogens (tertiary/aromatic N) is 2. The van der Waals surface area contributed by atoms with E-state index in [0.29, 0.717) is 27.5 Å². The van der Waals surface area contributed by atoms with Gasteiger partial charge in [-0.3, -0.25) is 14.2 Å². The highest BCUT2D eigenvalue weighted by Gasteiger charge is 2.15. The Morgan fingerprint density at radius 2 is 2.04 bits per heavy atom. The van der Waals surface area contributed by atoms with Crippen molar-refractivity contribution in [2.45, 2.75) is 32.7 Å². The third-order valence-electron chi connectivity index (χ3n) is 3.95. The SMILES string of the molecule is CCc1cc2c(=O)n(CCC(=O)O)c(Cc3ccc(Cl)cc3)nc2s1. The Bertz CT molecular complexity index is 976. The summed E-state index contributed by atoms with van der Waals surface area (Å²) in [5, 5.41) is 10.2. The molecule has 2 heterocycles. The molecule has 0 saturated heterocycles. The fourth-order valence-electron chi connectivity index (χ4n) is 2.64. The van der Waals surface area contributed by atoms with E-state index in [1.54, 1.807) is 12.1 Å². The Kier molecular flexibility index (Phi) is 5.20. The molecule has 7 heteroatoms. The first-order chi connectivity index (χ1) is 12.0. The summed E-state index contributed by atoms with van der Waals surface area (Å²) in [6, 6.07) is 9.20. The van der Waals surface area contributed by atoms with Crippen LogP contribution in [0, 0.1) is 0 Å². The standard InChI is InChI=1S/C18H17ClN2O3S/c1-2-13-10-14-17(25-13)20-15(9-11-3-5-12(19)6-4-11)21(18(14)24)8-7-16(22)23/h3-6,10H,2,7-9H2,1H3,(H,22,23). The molecular formula is C18H17ClN2O3S. The van der Waals surface area contributed by atoms with Gasteiger partial charge in [0.15, 0.2) is 0 Å². The first-order valence-electron chi connectivity index (χ1n) is 7.96. The van der Waals surface area contributed by atoms with Gasteiger partial charge in [0.05, 0.1) is 11.8 Å². The Labute approximate surface area is 153 Å². The molecule has 0 saturated carbocycles. The fourth-order valence-corrected chi connectivity index (χ4v) is 3.74. The van der Waals surface area contributed by atoms with Gasteiger partial charge in [0.2, 0.25) is 0 Å². The van der Waals surface area contributed by atoms with Crippen molar-refractivity contribution in [3.8, 4) is 0 Å². The molecule has 3 rings (SSSR count). The molecular weight excluding hydrogens is 360 g/mol. The first kappa shape index (κ1) is 17.6. The van der Waals surface area contributed by atoms with E-state index in [1.807, 2.05) is 25.1 Å². The largest absolute Gasteiger partial charge is 0.481 e. The Morgan fingerprint density at radius 3 is 2.68 bits per heavy atom. The zero-order chi connectivity index (χ0) is 18.0. The van der Waals surface area contributed by atoms with E-state index in [4.69, 9.17) is 16.7 Å². The Morgan fingerprint density at radius 1 is 1.32 bits per heavy atom. The van der Waals surface area contributed by atoms with Crippen LogP contribution in [0.4, 0.5) is 0 Å². The summed E-state index contributed by atoms with van der Waals surface area (Å²) in [5.41, 5.74) is 0.790. The monoisotopic (exact) mass is 376 g/mol. The van der Waals surface area contributed by atoms with Crippen molar-refractivity contribution in [3.05, 3.63) is 62.0 Å². The average Bonchev–Trinajstić information content (AvgIpc) is 3.00. The summed E-state index contributed by atoms with van der Waals surface area (Å²) in [4.78, 5) is 30.3. The second-order valence-corrected chi connectivity index (χ2v) is 7.27. The van der Waals surface area contributed by atoms with E-state index in [-0.39, 0.29) is 18.5 Å². The van der Waals surface area contributed by atoms with Gasteiger partial charge in [-0.1, -0.05) is 30.7 Å². The first-order valence-corrected chi connectivity index (χ1v) is 9.15. The number of hydrogen-bond donors (Lipinski definition) is 1. The third-order valence-corrected chi connectivity index (χ3v) is 5.38. The van der Waals surface area contributed by atoms with Gasteiger partial charge in [-0.2, -0.15) is 0 Å². The van der Waals surface area contributed by atoms with E-state index in [1.165, 1.54) is 15.9 Å². The van der Waals surface area contributed by atoms with Crippen LogP contribution in [0.5, 0.6) is 0 Å². The predicted octanol–water partition coefficient (Wildman–Crippen LogP) is 3.74. The average molecular weight is 377 g/mol. The number of carbonyl (C=O) groups is 1. The fraction of sp³-hybridized carbons (Fsp3) is 0.278. The Hall–Kier alpha value is -2.18. The van der Waals surface area contributed by atoms with Crippen molar-refractivity contribution in [1.82, 2.24) is 9.55 Å². The van der Waals surface area contributed by atoms with Gasteiger partial charge in [0, 0.05) is 22.9 Å². The highest BCUT2D eigenvalue weighted by Crippen LogP contribution is 2.23. The van der Waals surface area contributed by atoms with Crippen LogP contribution < -0.4 is 5.56 Å². The van der Waals surface area contributed by atoms with E-state index in [9.17, 15) is 9.59 Å². The molecule has 0 aliphatic heterocycles. The van der Waals surface area contributed by atoms with Gasteiger partial charge >= 0.3 is 5.97 Å². The number of benzene rings is 1. The normalized spacial score (nSPS) is 11.1. The minimum Gasteiger partial charge on any atom is -0.481 e. The van der Waals surface area contributed by atoms with Crippen molar-refractivity contribution >= 4 is 39.1 Å². The van der Waals surface area contributed by atoms with Gasteiger partial charge in [-0.15, -0.1) is 11.3 Å². The van der Waals surface area contributed by atoms with Crippen molar-refractivity contribution in [3.63, 3.8) is 0 Å². The third kappa shape index (κ3) is 3.91. The van der Waals surface area contributed by atoms with Crippen LogP contribution in [0.1, 0.15) is 29.6 Å². The van der Waals surface area contributed by atoms with Crippen LogP contribution in [0.15, 0.2) is 35.1 Å². The van der Waals surface area contributed by atoms with Crippen LogP contribution in [0.3, 0.4) is 0 Å². The maximum atomic E-state index is 12.9. The lowest BCUT2D eigenvalue weighted by Gasteiger charge is -2.11. The summed E-state index contributed by atoms with van der Waals surface area (Å²) in [5.74, 6) is -0.366. The van der Waals surface area contributed by atoms with E-state index in [0.717, 1.165) is 16.9 Å². The molecule has 1 aromatic carbocycles. The number of halogens is 1. The number of carboxylic acids is 1. The van der Waals surface area contributed by atoms with E-state index < -0.39 is 5.97 Å². The molecule has 0 atom stereocenters. The van der Waals surface area contributed by atoms with Crippen molar-refractivity contribution in [2.75, 3.05) is 0 Å².